The van der Waals surface area contributed by atoms with Crippen molar-refractivity contribution in [3.05, 3.63) is 65.7 Å². The highest BCUT2D eigenvalue weighted by Gasteiger charge is 2.30. The lowest BCUT2D eigenvalue weighted by molar-refractivity contribution is -0.137. The molecule has 20 heavy (non-hydrogen) atoms. The smallest absolute Gasteiger partial charge is 0.264 e. The zero-order valence-electron chi connectivity index (χ0n) is 11.5. The maximum absolute atomic E-state index is 12.4. The molecule has 0 aliphatic carbocycles. The summed E-state index contributed by atoms with van der Waals surface area (Å²) < 4.78 is 5.74. The highest BCUT2D eigenvalue weighted by atomic mass is 16.5. The molecule has 3 rings (SSSR count). The Bertz CT molecular complexity index is 584. The zero-order chi connectivity index (χ0) is 13.9. The summed E-state index contributed by atoms with van der Waals surface area (Å²) in [6, 6.07) is 17.8. The second-order valence-corrected chi connectivity index (χ2v) is 5.10. The summed E-state index contributed by atoms with van der Waals surface area (Å²) >= 11 is 0. The first-order valence-corrected chi connectivity index (χ1v) is 6.77. The topological polar surface area (TPSA) is 29.5 Å². The Kier molecular flexibility index (Phi) is 3.42. The number of amides is 1. The number of rotatable bonds is 3. The quantitative estimate of drug-likeness (QED) is 0.855. The molecule has 2 aromatic carbocycles. The number of likely N-dealkylation sites (N-methyl/N-ethyl adjacent to an activating group) is 1. The van der Waals surface area contributed by atoms with Crippen LogP contribution in [0.3, 0.4) is 0 Å². The first-order chi connectivity index (χ1) is 9.74. The van der Waals surface area contributed by atoms with E-state index >= 15 is 0 Å². The third kappa shape index (κ3) is 2.52. The van der Waals surface area contributed by atoms with Crippen molar-refractivity contribution < 1.29 is 9.53 Å². The van der Waals surface area contributed by atoms with Crippen LogP contribution in [0.4, 0.5) is 0 Å². The Balaban J connectivity index is 1.66. The molecule has 1 aliphatic heterocycles. The van der Waals surface area contributed by atoms with E-state index in [0.717, 1.165) is 16.9 Å². The Labute approximate surface area is 118 Å². The molecule has 1 atom stereocenters. The molecule has 0 fully saturated rings. The van der Waals surface area contributed by atoms with Crippen LogP contribution in [0.15, 0.2) is 54.6 Å². The number of para-hydroxylation sites is 1. The van der Waals surface area contributed by atoms with Crippen molar-refractivity contribution in [1.82, 2.24) is 4.90 Å². The first kappa shape index (κ1) is 12.7. The molecule has 0 radical (unpaired) electrons. The van der Waals surface area contributed by atoms with Gasteiger partial charge < -0.3 is 9.64 Å². The van der Waals surface area contributed by atoms with Crippen LogP contribution < -0.4 is 4.74 Å². The van der Waals surface area contributed by atoms with Gasteiger partial charge in [0.25, 0.3) is 5.91 Å². The normalized spacial score (nSPS) is 16.4. The minimum atomic E-state index is -0.388. The van der Waals surface area contributed by atoms with Gasteiger partial charge in [0.15, 0.2) is 6.10 Å². The molecule has 3 nitrogen and oxygen atoms in total. The summed E-state index contributed by atoms with van der Waals surface area (Å²) in [6.45, 7) is 0.607. The van der Waals surface area contributed by atoms with E-state index in [1.165, 1.54) is 0 Å². The third-order valence-electron chi connectivity index (χ3n) is 3.56. The summed E-state index contributed by atoms with van der Waals surface area (Å²) in [5.74, 6) is 0.865. The Morgan fingerprint density at radius 1 is 1.15 bits per heavy atom. The van der Waals surface area contributed by atoms with E-state index in [0.29, 0.717) is 13.0 Å². The number of nitrogens with zero attached hydrogens (tertiary/aromatic N) is 1. The van der Waals surface area contributed by atoms with Gasteiger partial charge in [0.2, 0.25) is 0 Å². The predicted octanol–water partition coefficient (Wildman–Crippen LogP) is 2.65. The average Bonchev–Trinajstić information content (AvgIpc) is 2.91. The van der Waals surface area contributed by atoms with Crippen LogP contribution >= 0.6 is 0 Å². The molecule has 0 saturated carbocycles. The van der Waals surface area contributed by atoms with Gasteiger partial charge >= 0.3 is 0 Å². The van der Waals surface area contributed by atoms with Gasteiger partial charge in [-0.2, -0.15) is 0 Å². The van der Waals surface area contributed by atoms with E-state index < -0.39 is 0 Å². The monoisotopic (exact) mass is 267 g/mol. The fraction of sp³-hybridized carbons (Fsp3) is 0.235. The lowest BCUT2D eigenvalue weighted by Gasteiger charge is -2.20. The highest BCUT2D eigenvalue weighted by molar-refractivity contribution is 5.82. The van der Waals surface area contributed by atoms with Crippen molar-refractivity contribution in [2.24, 2.45) is 0 Å². The van der Waals surface area contributed by atoms with E-state index in [2.05, 4.69) is 0 Å². The van der Waals surface area contributed by atoms with Crippen molar-refractivity contribution in [2.45, 2.75) is 19.1 Å². The second-order valence-electron chi connectivity index (χ2n) is 5.10. The lowest BCUT2D eigenvalue weighted by atomic mass is 10.1. The summed E-state index contributed by atoms with van der Waals surface area (Å²) in [6.07, 6.45) is 0.273. The van der Waals surface area contributed by atoms with Crippen molar-refractivity contribution in [2.75, 3.05) is 7.05 Å². The number of hydrogen-bond acceptors (Lipinski definition) is 2. The van der Waals surface area contributed by atoms with Gasteiger partial charge in [-0.25, -0.2) is 0 Å². The van der Waals surface area contributed by atoms with Crippen molar-refractivity contribution >= 4 is 5.91 Å². The molecule has 1 amide bonds. The number of ether oxygens (including phenoxy) is 1. The fourth-order valence-corrected chi connectivity index (χ4v) is 2.50. The number of carbonyl (C=O) groups is 1. The number of hydrogen-bond donors (Lipinski definition) is 0. The van der Waals surface area contributed by atoms with Gasteiger partial charge in [-0.3, -0.25) is 4.79 Å². The van der Waals surface area contributed by atoms with Crippen LogP contribution in [0, 0.1) is 0 Å². The molecule has 3 heteroatoms. The molecular weight excluding hydrogens is 250 g/mol. The number of benzene rings is 2. The van der Waals surface area contributed by atoms with E-state index in [1.807, 2.05) is 61.6 Å². The fourth-order valence-electron chi connectivity index (χ4n) is 2.50. The minimum absolute atomic E-state index is 0.0325. The molecular formula is C17H17NO2. The lowest BCUT2D eigenvalue weighted by Crippen LogP contribution is -2.38. The molecule has 0 saturated heterocycles. The molecule has 0 aromatic heterocycles. The number of carbonyl (C=O) groups excluding carboxylic acids is 1. The van der Waals surface area contributed by atoms with Crippen molar-refractivity contribution in [1.29, 1.82) is 0 Å². The van der Waals surface area contributed by atoms with E-state index in [1.54, 1.807) is 4.90 Å². The van der Waals surface area contributed by atoms with E-state index in [-0.39, 0.29) is 12.0 Å². The average molecular weight is 267 g/mol. The van der Waals surface area contributed by atoms with Gasteiger partial charge in [-0.15, -0.1) is 0 Å². The molecule has 0 bridgehead atoms. The SMILES string of the molecule is CN(Cc1ccccc1)C(=O)C1Cc2ccccc2O1. The largest absolute Gasteiger partial charge is 0.480 e. The van der Waals surface area contributed by atoms with E-state index in [9.17, 15) is 4.79 Å². The molecule has 102 valence electrons. The summed E-state index contributed by atoms with van der Waals surface area (Å²) in [4.78, 5) is 14.1. The van der Waals surface area contributed by atoms with Gasteiger partial charge in [0.1, 0.15) is 5.75 Å². The summed E-state index contributed by atoms with van der Waals surface area (Å²) in [5, 5.41) is 0. The summed E-state index contributed by atoms with van der Waals surface area (Å²) in [7, 11) is 1.82. The molecule has 0 spiro atoms. The third-order valence-corrected chi connectivity index (χ3v) is 3.56. The van der Waals surface area contributed by atoms with Crippen LogP contribution in [0.2, 0.25) is 0 Å². The van der Waals surface area contributed by atoms with E-state index in [4.69, 9.17) is 4.74 Å². The van der Waals surface area contributed by atoms with Crippen LogP contribution in [0.25, 0.3) is 0 Å². The minimum Gasteiger partial charge on any atom is -0.480 e. The van der Waals surface area contributed by atoms with Crippen LogP contribution in [-0.2, 0) is 17.8 Å². The Morgan fingerprint density at radius 3 is 2.60 bits per heavy atom. The molecule has 1 aliphatic rings. The van der Waals surface area contributed by atoms with Gasteiger partial charge in [-0.05, 0) is 17.2 Å². The van der Waals surface area contributed by atoms with Gasteiger partial charge in [0.05, 0.1) is 0 Å². The van der Waals surface area contributed by atoms with Gasteiger partial charge in [-0.1, -0.05) is 48.5 Å². The first-order valence-electron chi connectivity index (χ1n) is 6.77. The number of fused-ring (bicyclic) bond motifs is 1. The Hall–Kier alpha value is -2.29. The van der Waals surface area contributed by atoms with Crippen LogP contribution in [0.1, 0.15) is 11.1 Å². The standard InChI is InChI=1S/C17H17NO2/c1-18(12-13-7-3-2-4-8-13)17(19)16-11-14-9-5-6-10-15(14)20-16/h2-10,16H,11-12H2,1H3. The van der Waals surface area contributed by atoms with Crippen LogP contribution in [0.5, 0.6) is 5.75 Å². The van der Waals surface area contributed by atoms with Crippen molar-refractivity contribution in [3.63, 3.8) is 0 Å². The second kappa shape index (κ2) is 5.37. The molecule has 2 aromatic rings. The Morgan fingerprint density at radius 2 is 1.85 bits per heavy atom. The summed E-state index contributed by atoms with van der Waals surface area (Å²) in [5.41, 5.74) is 2.23. The maximum Gasteiger partial charge on any atom is 0.264 e. The highest BCUT2D eigenvalue weighted by Crippen LogP contribution is 2.28. The molecule has 1 unspecified atom stereocenters. The zero-order valence-corrected chi connectivity index (χ0v) is 11.5. The van der Waals surface area contributed by atoms with Crippen LogP contribution in [-0.4, -0.2) is 24.0 Å². The molecule has 1 heterocycles. The van der Waals surface area contributed by atoms with Crippen molar-refractivity contribution in [3.8, 4) is 5.75 Å². The van der Waals surface area contributed by atoms with Gasteiger partial charge in [0, 0.05) is 20.0 Å². The molecule has 0 N–H and O–H groups in total. The predicted molar refractivity (Wildman–Crippen MR) is 77.5 cm³/mol. The maximum atomic E-state index is 12.4.